The van der Waals surface area contributed by atoms with Gasteiger partial charge >= 0.3 is 0 Å². The van der Waals surface area contributed by atoms with Crippen LogP contribution in [0.1, 0.15) is 18.5 Å². The molecule has 1 saturated heterocycles. The molecule has 0 aliphatic carbocycles. The third-order valence-electron chi connectivity index (χ3n) is 3.48. The molecule has 6 heteroatoms. The minimum Gasteiger partial charge on any atom is -0.394 e. The number of benzene rings is 1. The van der Waals surface area contributed by atoms with E-state index in [9.17, 15) is 14.7 Å². The van der Waals surface area contributed by atoms with Gasteiger partial charge in [0.25, 0.3) is 0 Å². The lowest BCUT2D eigenvalue weighted by molar-refractivity contribution is -0.149. The average molecular weight is 292 g/mol. The van der Waals surface area contributed by atoms with Crippen molar-refractivity contribution in [2.24, 2.45) is 0 Å². The van der Waals surface area contributed by atoms with Gasteiger partial charge in [0, 0.05) is 13.5 Å². The number of ether oxygens (including phenoxy) is 1. The third-order valence-corrected chi connectivity index (χ3v) is 3.48. The van der Waals surface area contributed by atoms with Crippen LogP contribution in [0.2, 0.25) is 0 Å². The van der Waals surface area contributed by atoms with Crippen molar-refractivity contribution in [3.05, 3.63) is 35.9 Å². The largest absolute Gasteiger partial charge is 0.394 e. The first-order valence-corrected chi connectivity index (χ1v) is 6.94. The fourth-order valence-electron chi connectivity index (χ4n) is 2.51. The molecule has 114 valence electrons. The summed E-state index contributed by atoms with van der Waals surface area (Å²) in [5.41, 5.74) is 0.910. The predicted molar refractivity (Wildman–Crippen MR) is 76.4 cm³/mol. The summed E-state index contributed by atoms with van der Waals surface area (Å²) in [7, 11) is 0. The van der Waals surface area contributed by atoms with Gasteiger partial charge in [-0.05, 0) is 5.56 Å². The highest BCUT2D eigenvalue weighted by Gasteiger charge is 2.35. The number of nitrogens with one attached hydrogen (secondary N) is 1. The van der Waals surface area contributed by atoms with Crippen LogP contribution in [-0.2, 0) is 14.3 Å². The van der Waals surface area contributed by atoms with Gasteiger partial charge in [-0.3, -0.25) is 9.59 Å². The van der Waals surface area contributed by atoms with E-state index in [0.717, 1.165) is 5.56 Å². The standard InChI is InChI=1S/C15H20N2O4/c1-11(19)16-9-14(20)17-7-8-21-13(10-18)15(17)12-5-3-2-4-6-12/h2-6,13,15,18H,7-10H2,1H3,(H,16,19)/t13-,15-/m1/s1. The number of hydrogen-bond acceptors (Lipinski definition) is 4. The Morgan fingerprint density at radius 3 is 2.71 bits per heavy atom. The zero-order valence-corrected chi connectivity index (χ0v) is 12.0. The maximum atomic E-state index is 12.3. The van der Waals surface area contributed by atoms with Crippen molar-refractivity contribution in [3.8, 4) is 0 Å². The summed E-state index contributed by atoms with van der Waals surface area (Å²) in [5.74, 6) is -0.424. The maximum absolute atomic E-state index is 12.3. The number of aliphatic hydroxyl groups is 1. The zero-order chi connectivity index (χ0) is 15.2. The molecule has 1 aliphatic rings. The molecular formula is C15H20N2O4. The van der Waals surface area contributed by atoms with Crippen molar-refractivity contribution in [1.82, 2.24) is 10.2 Å². The van der Waals surface area contributed by atoms with Crippen LogP contribution in [0.4, 0.5) is 0 Å². The first kappa shape index (κ1) is 15.5. The molecule has 0 aromatic heterocycles. The van der Waals surface area contributed by atoms with Gasteiger partial charge in [-0.15, -0.1) is 0 Å². The topological polar surface area (TPSA) is 78.9 Å². The van der Waals surface area contributed by atoms with Gasteiger partial charge in [0.2, 0.25) is 11.8 Å². The number of morpholine rings is 1. The van der Waals surface area contributed by atoms with Crippen LogP contribution in [0.3, 0.4) is 0 Å². The minimum atomic E-state index is -0.456. The highest BCUT2D eigenvalue weighted by Crippen LogP contribution is 2.29. The molecule has 2 atom stereocenters. The Morgan fingerprint density at radius 2 is 2.10 bits per heavy atom. The van der Waals surface area contributed by atoms with Crippen molar-refractivity contribution in [3.63, 3.8) is 0 Å². The molecule has 1 aromatic carbocycles. The number of amides is 2. The van der Waals surface area contributed by atoms with Crippen molar-refractivity contribution in [2.75, 3.05) is 26.3 Å². The first-order valence-electron chi connectivity index (χ1n) is 6.94. The van der Waals surface area contributed by atoms with Crippen LogP contribution in [0.5, 0.6) is 0 Å². The summed E-state index contributed by atoms with van der Waals surface area (Å²) >= 11 is 0. The Kier molecular flexibility index (Phi) is 5.30. The lowest BCUT2D eigenvalue weighted by Gasteiger charge is -2.41. The molecule has 6 nitrogen and oxygen atoms in total. The molecule has 0 radical (unpaired) electrons. The Bertz CT molecular complexity index is 492. The molecule has 2 amide bonds. The maximum Gasteiger partial charge on any atom is 0.242 e. The first-order chi connectivity index (χ1) is 10.1. The van der Waals surface area contributed by atoms with Crippen LogP contribution < -0.4 is 5.32 Å². The van der Waals surface area contributed by atoms with Gasteiger partial charge in [0.15, 0.2) is 0 Å². The molecule has 1 aliphatic heterocycles. The van der Waals surface area contributed by atoms with Gasteiger partial charge in [-0.2, -0.15) is 0 Å². The Morgan fingerprint density at radius 1 is 1.38 bits per heavy atom. The second-order valence-corrected chi connectivity index (χ2v) is 4.94. The molecular weight excluding hydrogens is 272 g/mol. The van der Waals surface area contributed by atoms with E-state index in [2.05, 4.69) is 5.32 Å². The molecule has 1 heterocycles. The van der Waals surface area contributed by atoms with Crippen LogP contribution in [0, 0.1) is 0 Å². The molecule has 2 rings (SSSR count). The van der Waals surface area contributed by atoms with Crippen molar-refractivity contribution < 1.29 is 19.4 Å². The lowest BCUT2D eigenvalue weighted by atomic mass is 9.98. The molecule has 0 bridgehead atoms. The van der Waals surface area contributed by atoms with E-state index in [1.54, 1.807) is 4.90 Å². The number of nitrogens with zero attached hydrogens (tertiary/aromatic N) is 1. The van der Waals surface area contributed by atoms with Crippen LogP contribution in [-0.4, -0.2) is 54.2 Å². The zero-order valence-electron chi connectivity index (χ0n) is 12.0. The molecule has 0 unspecified atom stereocenters. The molecule has 1 aromatic rings. The quantitative estimate of drug-likeness (QED) is 0.824. The summed E-state index contributed by atoms with van der Waals surface area (Å²) in [4.78, 5) is 24.9. The van der Waals surface area contributed by atoms with E-state index in [1.165, 1.54) is 6.92 Å². The molecule has 1 fully saturated rings. The van der Waals surface area contributed by atoms with E-state index in [-0.39, 0.29) is 31.0 Å². The number of carbonyl (C=O) groups is 2. The van der Waals surface area contributed by atoms with Gasteiger partial charge in [-0.1, -0.05) is 30.3 Å². The molecule has 0 spiro atoms. The van der Waals surface area contributed by atoms with E-state index in [0.29, 0.717) is 13.2 Å². The number of aliphatic hydroxyl groups excluding tert-OH is 1. The minimum absolute atomic E-state index is 0.0448. The van der Waals surface area contributed by atoms with Gasteiger partial charge in [0.05, 0.1) is 25.8 Å². The Balaban J connectivity index is 2.20. The molecule has 0 saturated carbocycles. The molecule has 2 N–H and O–H groups in total. The highest BCUT2D eigenvalue weighted by atomic mass is 16.5. The highest BCUT2D eigenvalue weighted by molar-refractivity contribution is 5.84. The lowest BCUT2D eigenvalue weighted by Crippen LogP contribution is -2.51. The average Bonchev–Trinajstić information content (AvgIpc) is 2.52. The fourth-order valence-corrected chi connectivity index (χ4v) is 2.51. The monoisotopic (exact) mass is 292 g/mol. The van der Waals surface area contributed by atoms with Crippen molar-refractivity contribution in [2.45, 2.75) is 19.1 Å². The van der Waals surface area contributed by atoms with E-state index >= 15 is 0 Å². The fraction of sp³-hybridized carbons (Fsp3) is 0.467. The van der Waals surface area contributed by atoms with Crippen LogP contribution >= 0.6 is 0 Å². The van der Waals surface area contributed by atoms with E-state index < -0.39 is 6.10 Å². The smallest absolute Gasteiger partial charge is 0.242 e. The van der Waals surface area contributed by atoms with Crippen LogP contribution in [0.25, 0.3) is 0 Å². The number of carbonyl (C=O) groups excluding carboxylic acids is 2. The summed E-state index contributed by atoms with van der Waals surface area (Å²) in [6.45, 7) is 1.98. The van der Waals surface area contributed by atoms with E-state index in [4.69, 9.17) is 4.74 Å². The molecule has 21 heavy (non-hydrogen) atoms. The van der Waals surface area contributed by atoms with Crippen LogP contribution in [0.15, 0.2) is 30.3 Å². The second kappa shape index (κ2) is 7.19. The summed E-state index contributed by atoms with van der Waals surface area (Å²) in [6.07, 6.45) is -0.456. The number of hydrogen-bond donors (Lipinski definition) is 2. The Labute approximate surface area is 123 Å². The third kappa shape index (κ3) is 3.80. The van der Waals surface area contributed by atoms with Crippen molar-refractivity contribution in [1.29, 1.82) is 0 Å². The summed E-state index contributed by atoms with van der Waals surface area (Å²) in [6, 6.07) is 9.13. The normalized spacial score (nSPS) is 21.9. The van der Waals surface area contributed by atoms with E-state index in [1.807, 2.05) is 30.3 Å². The number of rotatable bonds is 4. The summed E-state index contributed by atoms with van der Waals surface area (Å²) in [5, 5.41) is 12.0. The van der Waals surface area contributed by atoms with Crippen molar-refractivity contribution >= 4 is 11.8 Å². The second-order valence-electron chi connectivity index (χ2n) is 4.94. The predicted octanol–water partition coefficient (Wildman–Crippen LogP) is 0.0835. The van der Waals surface area contributed by atoms with Gasteiger partial charge in [0.1, 0.15) is 6.10 Å². The van der Waals surface area contributed by atoms with Gasteiger partial charge in [-0.25, -0.2) is 0 Å². The SMILES string of the molecule is CC(=O)NCC(=O)N1CCO[C@H](CO)[C@H]1c1ccccc1. The summed E-state index contributed by atoms with van der Waals surface area (Å²) < 4.78 is 5.57. The Hall–Kier alpha value is -1.92. The van der Waals surface area contributed by atoms with Gasteiger partial charge < -0.3 is 20.1 Å².